The lowest BCUT2D eigenvalue weighted by atomic mass is 9.97. The highest BCUT2D eigenvalue weighted by molar-refractivity contribution is 5.76. The summed E-state index contributed by atoms with van der Waals surface area (Å²) >= 11 is 0. The number of fused-ring (bicyclic) bond motifs is 2. The summed E-state index contributed by atoms with van der Waals surface area (Å²) in [7, 11) is 0. The van der Waals surface area contributed by atoms with Crippen LogP contribution in [0.5, 0.6) is 0 Å². The number of alkyl halides is 2. The summed E-state index contributed by atoms with van der Waals surface area (Å²) < 4.78 is 28.8. The van der Waals surface area contributed by atoms with E-state index in [2.05, 4.69) is 12.2 Å². The van der Waals surface area contributed by atoms with E-state index < -0.39 is 13.0 Å². The third-order valence-corrected chi connectivity index (χ3v) is 4.38. The third kappa shape index (κ3) is 4.88. The van der Waals surface area contributed by atoms with Gasteiger partial charge in [-0.1, -0.05) is 6.92 Å². The number of hydrogen-bond donors (Lipinski definition) is 1. The second-order valence-corrected chi connectivity index (χ2v) is 6.07. The van der Waals surface area contributed by atoms with Crippen LogP contribution >= 0.6 is 0 Å². The molecule has 2 aliphatic heterocycles. The number of amides is 1. The van der Waals surface area contributed by atoms with Crippen molar-refractivity contribution in [1.82, 2.24) is 10.2 Å². The highest BCUT2D eigenvalue weighted by Crippen LogP contribution is 2.30. The highest BCUT2D eigenvalue weighted by atomic mass is 19.3. The van der Waals surface area contributed by atoms with Gasteiger partial charge in [0.2, 0.25) is 5.91 Å². The Kier molecular flexibility index (Phi) is 6.36. The number of nitrogens with one attached hydrogen (secondary N) is 1. The summed E-state index contributed by atoms with van der Waals surface area (Å²) in [6, 6.07) is 1.37. The van der Waals surface area contributed by atoms with E-state index in [1.165, 1.54) is 12.8 Å². The minimum Gasteiger partial charge on any atom is -0.375 e. The summed E-state index contributed by atoms with van der Waals surface area (Å²) in [4.78, 5) is 14.3. The molecule has 2 atom stereocenters. The van der Waals surface area contributed by atoms with E-state index in [-0.39, 0.29) is 18.9 Å². The van der Waals surface area contributed by atoms with Crippen molar-refractivity contribution in [2.45, 2.75) is 70.0 Å². The number of piperidine rings is 1. The van der Waals surface area contributed by atoms with E-state index in [1.54, 1.807) is 0 Å². The lowest BCUT2D eigenvalue weighted by molar-refractivity contribution is -0.136. The Morgan fingerprint density at radius 1 is 1.33 bits per heavy atom. The lowest BCUT2D eigenvalue weighted by Gasteiger charge is -2.38. The zero-order chi connectivity index (χ0) is 15.2. The molecule has 2 bridgehead atoms. The molecule has 2 heterocycles. The minimum atomic E-state index is -2.47. The summed E-state index contributed by atoms with van der Waals surface area (Å²) in [6.45, 7) is 2.31. The molecule has 0 saturated carbocycles. The molecular formula is C15H26F2N2O2. The Labute approximate surface area is 125 Å². The molecular weight excluding hydrogens is 278 g/mol. The number of halogens is 2. The van der Waals surface area contributed by atoms with Gasteiger partial charge in [0, 0.05) is 24.7 Å². The van der Waals surface area contributed by atoms with Gasteiger partial charge in [0.05, 0.1) is 13.0 Å². The maximum Gasteiger partial charge on any atom is 0.261 e. The Bertz CT molecular complexity index is 330. The van der Waals surface area contributed by atoms with Gasteiger partial charge in [0.15, 0.2) is 0 Å². The number of ether oxygens (including phenoxy) is 1. The fourth-order valence-corrected chi connectivity index (χ4v) is 3.51. The lowest BCUT2D eigenvalue weighted by Crippen LogP contribution is -2.50. The van der Waals surface area contributed by atoms with Crippen LogP contribution < -0.4 is 5.32 Å². The Hall–Kier alpha value is -0.750. The van der Waals surface area contributed by atoms with Gasteiger partial charge in [-0.2, -0.15) is 0 Å². The molecule has 4 nitrogen and oxygen atoms in total. The number of hydrogen-bond acceptors (Lipinski definition) is 3. The van der Waals surface area contributed by atoms with Crippen molar-refractivity contribution in [3.63, 3.8) is 0 Å². The van der Waals surface area contributed by atoms with Gasteiger partial charge in [-0.05, 0) is 32.1 Å². The molecule has 2 aliphatic rings. The SMILES string of the molecule is CCCN(C(=O)CCOCC(F)F)C1CC2CCC(C1)N2. The van der Waals surface area contributed by atoms with Crippen molar-refractivity contribution >= 4 is 5.91 Å². The van der Waals surface area contributed by atoms with Gasteiger partial charge in [-0.15, -0.1) is 0 Å². The topological polar surface area (TPSA) is 41.6 Å². The zero-order valence-electron chi connectivity index (χ0n) is 12.7. The van der Waals surface area contributed by atoms with E-state index in [1.807, 2.05) is 4.90 Å². The molecule has 0 aliphatic carbocycles. The van der Waals surface area contributed by atoms with Crippen LogP contribution in [0.2, 0.25) is 0 Å². The fourth-order valence-electron chi connectivity index (χ4n) is 3.51. The van der Waals surface area contributed by atoms with Crippen LogP contribution in [0.4, 0.5) is 8.78 Å². The van der Waals surface area contributed by atoms with E-state index in [0.29, 0.717) is 18.1 Å². The van der Waals surface area contributed by atoms with Crippen LogP contribution in [-0.4, -0.2) is 55.1 Å². The Balaban J connectivity index is 1.81. The maximum absolute atomic E-state index is 12.3. The van der Waals surface area contributed by atoms with E-state index >= 15 is 0 Å². The first-order chi connectivity index (χ1) is 10.1. The first kappa shape index (κ1) is 16.6. The molecule has 1 amide bonds. The minimum absolute atomic E-state index is 0.0393. The van der Waals surface area contributed by atoms with E-state index in [9.17, 15) is 13.6 Å². The Morgan fingerprint density at radius 3 is 2.57 bits per heavy atom. The second-order valence-electron chi connectivity index (χ2n) is 6.07. The summed E-state index contributed by atoms with van der Waals surface area (Å²) in [5.41, 5.74) is 0. The molecule has 21 heavy (non-hydrogen) atoms. The van der Waals surface area contributed by atoms with Crippen molar-refractivity contribution in [3.8, 4) is 0 Å². The zero-order valence-corrected chi connectivity index (χ0v) is 12.7. The summed E-state index contributed by atoms with van der Waals surface area (Å²) in [6.07, 6.45) is 3.08. The van der Waals surface area contributed by atoms with Crippen LogP contribution in [-0.2, 0) is 9.53 Å². The quantitative estimate of drug-likeness (QED) is 0.699. The first-order valence-electron chi connectivity index (χ1n) is 8.01. The molecule has 2 rings (SSSR count). The van der Waals surface area contributed by atoms with Crippen molar-refractivity contribution < 1.29 is 18.3 Å². The van der Waals surface area contributed by atoms with Crippen molar-refractivity contribution in [3.05, 3.63) is 0 Å². The molecule has 0 aromatic carbocycles. The number of carbonyl (C=O) groups is 1. The number of carbonyl (C=O) groups excluding carboxylic acids is 1. The molecule has 0 aromatic rings. The normalized spacial score (nSPS) is 28.1. The van der Waals surface area contributed by atoms with Crippen molar-refractivity contribution in [1.29, 1.82) is 0 Å². The highest BCUT2D eigenvalue weighted by Gasteiger charge is 2.37. The summed E-state index contributed by atoms with van der Waals surface area (Å²) in [5, 5.41) is 3.57. The first-order valence-corrected chi connectivity index (χ1v) is 8.01. The Morgan fingerprint density at radius 2 is 2.00 bits per heavy atom. The molecule has 2 fully saturated rings. The van der Waals surface area contributed by atoms with Gasteiger partial charge in [0.25, 0.3) is 6.43 Å². The predicted octanol–water partition coefficient (Wildman–Crippen LogP) is 2.18. The molecule has 0 radical (unpaired) electrons. The predicted molar refractivity (Wildman–Crippen MR) is 76.4 cm³/mol. The van der Waals surface area contributed by atoms with Gasteiger partial charge in [-0.25, -0.2) is 8.78 Å². The average molecular weight is 304 g/mol. The van der Waals surface area contributed by atoms with Gasteiger partial charge >= 0.3 is 0 Å². The third-order valence-electron chi connectivity index (χ3n) is 4.38. The largest absolute Gasteiger partial charge is 0.375 e. The van der Waals surface area contributed by atoms with Crippen molar-refractivity contribution in [2.24, 2.45) is 0 Å². The van der Waals surface area contributed by atoms with Crippen LogP contribution in [0.25, 0.3) is 0 Å². The molecule has 0 spiro atoms. The van der Waals surface area contributed by atoms with Crippen LogP contribution in [0.3, 0.4) is 0 Å². The monoisotopic (exact) mass is 304 g/mol. The second kappa shape index (κ2) is 8.03. The average Bonchev–Trinajstić information content (AvgIpc) is 2.79. The molecule has 2 unspecified atom stereocenters. The fraction of sp³-hybridized carbons (Fsp3) is 0.933. The maximum atomic E-state index is 12.3. The van der Waals surface area contributed by atoms with Crippen LogP contribution in [0, 0.1) is 0 Å². The van der Waals surface area contributed by atoms with Crippen LogP contribution in [0.15, 0.2) is 0 Å². The standard InChI is InChI=1S/C15H26F2N2O2/c1-2-6-19(15(20)5-7-21-10-14(16)17)13-8-11-3-4-12(9-13)18-11/h11-14,18H,2-10H2,1H3. The number of rotatable bonds is 8. The van der Waals surface area contributed by atoms with Crippen molar-refractivity contribution in [2.75, 3.05) is 19.8 Å². The van der Waals surface area contributed by atoms with Gasteiger partial charge in [-0.3, -0.25) is 4.79 Å². The molecule has 0 aromatic heterocycles. The molecule has 1 N–H and O–H groups in total. The molecule has 2 saturated heterocycles. The summed E-state index contributed by atoms with van der Waals surface area (Å²) in [5.74, 6) is 0.0393. The van der Waals surface area contributed by atoms with Gasteiger partial charge < -0.3 is 15.0 Å². The van der Waals surface area contributed by atoms with E-state index in [4.69, 9.17) is 4.74 Å². The van der Waals surface area contributed by atoms with Gasteiger partial charge in [0.1, 0.15) is 6.61 Å². The van der Waals surface area contributed by atoms with Crippen LogP contribution in [0.1, 0.15) is 45.4 Å². The molecule has 6 heteroatoms. The number of nitrogens with zero attached hydrogens (tertiary/aromatic N) is 1. The molecule has 122 valence electrons. The van der Waals surface area contributed by atoms with E-state index in [0.717, 1.165) is 25.8 Å². The smallest absolute Gasteiger partial charge is 0.261 e.